The van der Waals surface area contributed by atoms with Crippen LogP contribution in [-0.2, 0) is 4.74 Å². The molecule has 0 aliphatic rings. The molecule has 1 rings (SSSR count). The van der Waals surface area contributed by atoms with Crippen LogP contribution in [-0.4, -0.2) is 27.4 Å². The largest absolute Gasteiger partial charge is 0.492 e. The highest BCUT2D eigenvalue weighted by Gasteiger charge is 2.08. The first-order valence-corrected chi connectivity index (χ1v) is 4.52. The van der Waals surface area contributed by atoms with Crippen molar-refractivity contribution in [3.63, 3.8) is 0 Å². The molecular formula is C11H13NO3. The summed E-state index contributed by atoms with van der Waals surface area (Å²) in [5.41, 5.74) is 0.465. The highest BCUT2D eigenvalue weighted by molar-refractivity contribution is 5.52. The minimum absolute atomic E-state index is 0.432. The van der Waals surface area contributed by atoms with Crippen LogP contribution in [0.4, 0.5) is 0 Å². The SMILES string of the molecule is COCCOc1cccc(C#N)c1OC. The van der Waals surface area contributed by atoms with Crippen molar-refractivity contribution in [3.05, 3.63) is 23.8 Å². The third-order valence-electron chi connectivity index (χ3n) is 1.85. The van der Waals surface area contributed by atoms with Crippen molar-refractivity contribution in [1.29, 1.82) is 5.26 Å². The van der Waals surface area contributed by atoms with Gasteiger partial charge in [-0.2, -0.15) is 5.26 Å². The fourth-order valence-electron chi connectivity index (χ4n) is 1.16. The molecule has 1 aromatic carbocycles. The van der Waals surface area contributed by atoms with Crippen LogP contribution >= 0.6 is 0 Å². The standard InChI is InChI=1S/C11H13NO3/c1-13-6-7-15-10-5-3-4-9(8-12)11(10)14-2/h3-5H,6-7H2,1-2H3. The molecule has 0 radical (unpaired) electrons. The minimum atomic E-state index is 0.432. The van der Waals surface area contributed by atoms with Gasteiger partial charge in [0.2, 0.25) is 0 Å². The van der Waals surface area contributed by atoms with Crippen LogP contribution in [0.15, 0.2) is 18.2 Å². The molecule has 80 valence electrons. The second kappa shape index (κ2) is 5.89. The zero-order valence-corrected chi connectivity index (χ0v) is 8.82. The van der Waals surface area contributed by atoms with Crippen molar-refractivity contribution < 1.29 is 14.2 Å². The first-order valence-electron chi connectivity index (χ1n) is 4.52. The molecule has 0 N–H and O–H groups in total. The number of nitrogens with zero attached hydrogens (tertiary/aromatic N) is 1. The zero-order valence-electron chi connectivity index (χ0n) is 8.82. The van der Waals surface area contributed by atoms with Gasteiger partial charge in [-0.1, -0.05) is 6.07 Å². The summed E-state index contributed by atoms with van der Waals surface area (Å²) in [6.45, 7) is 0.932. The van der Waals surface area contributed by atoms with E-state index in [1.165, 1.54) is 7.11 Å². The van der Waals surface area contributed by atoms with Gasteiger partial charge in [0.25, 0.3) is 0 Å². The van der Waals surface area contributed by atoms with Crippen LogP contribution in [0.25, 0.3) is 0 Å². The molecule has 0 aromatic heterocycles. The van der Waals surface area contributed by atoms with E-state index in [4.69, 9.17) is 19.5 Å². The second-order valence-electron chi connectivity index (χ2n) is 2.79. The van der Waals surface area contributed by atoms with E-state index in [1.54, 1.807) is 25.3 Å². The van der Waals surface area contributed by atoms with Crippen LogP contribution < -0.4 is 9.47 Å². The molecular weight excluding hydrogens is 194 g/mol. The fraction of sp³-hybridized carbons (Fsp3) is 0.364. The molecule has 0 saturated carbocycles. The van der Waals surface area contributed by atoms with Crippen molar-refractivity contribution in [3.8, 4) is 17.6 Å². The number of rotatable bonds is 5. The van der Waals surface area contributed by atoms with Crippen LogP contribution in [0.5, 0.6) is 11.5 Å². The van der Waals surface area contributed by atoms with Crippen molar-refractivity contribution >= 4 is 0 Å². The minimum Gasteiger partial charge on any atom is -0.492 e. The summed E-state index contributed by atoms with van der Waals surface area (Å²) in [5.74, 6) is 1.03. The van der Waals surface area contributed by atoms with Gasteiger partial charge in [0.05, 0.1) is 19.3 Å². The molecule has 0 aliphatic carbocycles. The van der Waals surface area contributed by atoms with Gasteiger partial charge in [-0.25, -0.2) is 0 Å². The molecule has 0 amide bonds. The van der Waals surface area contributed by atoms with Gasteiger partial charge in [-0.3, -0.25) is 0 Å². The first kappa shape index (κ1) is 11.3. The van der Waals surface area contributed by atoms with Crippen molar-refractivity contribution in [2.24, 2.45) is 0 Å². The summed E-state index contributed by atoms with van der Waals surface area (Å²) in [6, 6.07) is 7.24. The zero-order chi connectivity index (χ0) is 11.1. The molecule has 0 fully saturated rings. The van der Waals surface area contributed by atoms with E-state index in [0.29, 0.717) is 30.3 Å². The number of benzene rings is 1. The number of hydrogen-bond donors (Lipinski definition) is 0. The van der Waals surface area contributed by atoms with E-state index in [9.17, 15) is 0 Å². The molecule has 4 nitrogen and oxygen atoms in total. The smallest absolute Gasteiger partial charge is 0.178 e. The Hall–Kier alpha value is -1.73. The van der Waals surface area contributed by atoms with Crippen LogP contribution in [0.3, 0.4) is 0 Å². The first-order chi connectivity index (χ1) is 7.33. The second-order valence-corrected chi connectivity index (χ2v) is 2.79. The molecule has 1 aromatic rings. The molecule has 4 heteroatoms. The average Bonchev–Trinajstić information content (AvgIpc) is 2.29. The number of methoxy groups -OCH3 is 2. The van der Waals surface area contributed by atoms with E-state index in [2.05, 4.69) is 0 Å². The number of nitriles is 1. The maximum absolute atomic E-state index is 8.84. The lowest BCUT2D eigenvalue weighted by molar-refractivity contribution is 0.144. The van der Waals surface area contributed by atoms with Gasteiger partial charge in [0.15, 0.2) is 11.5 Å². The molecule has 15 heavy (non-hydrogen) atoms. The maximum atomic E-state index is 8.84. The number of para-hydroxylation sites is 1. The Balaban J connectivity index is 2.82. The Morgan fingerprint density at radius 3 is 2.67 bits per heavy atom. The highest BCUT2D eigenvalue weighted by Crippen LogP contribution is 2.30. The van der Waals surface area contributed by atoms with Gasteiger partial charge in [-0.05, 0) is 12.1 Å². The lowest BCUT2D eigenvalue weighted by atomic mass is 10.2. The van der Waals surface area contributed by atoms with Gasteiger partial charge in [-0.15, -0.1) is 0 Å². The maximum Gasteiger partial charge on any atom is 0.178 e. The average molecular weight is 207 g/mol. The Morgan fingerprint density at radius 1 is 1.27 bits per heavy atom. The quantitative estimate of drug-likeness (QED) is 0.688. The Bertz CT molecular complexity index is 357. The van der Waals surface area contributed by atoms with Gasteiger partial charge in [0.1, 0.15) is 12.7 Å². The van der Waals surface area contributed by atoms with E-state index in [1.807, 2.05) is 6.07 Å². The molecule has 0 spiro atoms. The van der Waals surface area contributed by atoms with Crippen LogP contribution in [0.1, 0.15) is 5.56 Å². The van der Waals surface area contributed by atoms with Crippen molar-refractivity contribution in [2.75, 3.05) is 27.4 Å². The Kier molecular flexibility index (Phi) is 4.45. The number of hydrogen-bond acceptors (Lipinski definition) is 4. The van der Waals surface area contributed by atoms with E-state index in [0.717, 1.165) is 0 Å². The van der Waals surface area contributed by atoms with Crippen LogP contribution in [0, 0.1) is 11.3 Å². The van der Waals surface area contributed by atoms with Crippen molar-refractivity contribution in [2.45, 2.75) is 0 Å². The molecule has 0 saturated heterocycles. The summed E-state index contributed by atoms with van der Waals surface area (Å²) >= 11 is 0. The van der Waals surface area contributed by atoms with Gasteiger partial charge in [0, 0.05) is 7.11 Å². The Labute approximate surface area is 89.0 Å². The topological polar surface area (TPSA) is 51.5 Å². The van der Waals surface area contributed by atoms with E-state index >= 15 is 0 Å². The lowest BCUT2D eigenvalue weighted by Gasteiger charge is -2.10. The van der Waals surface area contributed by atoms with Crippen molar-refractivity contribution in [1.82, 2.24) is 0 Å². The summed E-state index contributed by atoms with van der Waals surface area (Å²) < 4.78 is 15.4. The van der Waals surface area contributed by atoms with Crippen LogP contribution in [0.2, 0.25) is 0 Å². The summed E-state index contributed by atoms with van der Waals surface area (Å²) in [4.78, 5) is 0. The van der Waals surface area contributed by atoms with Gasteiger partial charge >= 0.3 is 0 Å². The lowest BCUT2D eigenvalue weighted by Crippen LogP contribution is -2.05. The van der Waals surface area contributed by atoms with E-state index < -0.39 is 0 Å². The molecule has 0 heterocycles. The summed E-state index contributed by atoms with van der Waals surface area (Å²) in [6.07, 6.45) is 0. The summed E-state index contributed by atoms with van der Waals surface area (Å²) in [7, 11) is 3.12. The van der Waals surface area contributed by atoms with E-state index in [-0.39, 0.29) is 0 Å². The third kappa shape index (κ3) is 2.86. The highest BCUT2D eigenvalue weighted by atomic mass is 16.5. The molecule has 0 aliphatic heterocycles. The summed E-state index contributed by atoms with van der Waals surface area (Å²) in [5, 5.41) is 8.84. The monoisotopic (exact) mass is 207 g/mol. The Morgan fingerprint density at radius 2 is 2.07 bits per heavy atom. The molecule has 0 atom stereocenters. The number of ether oxygens (including phenoxy) is 3. The predicted octanol–water partition coefficient (Wildman–Crippen LogP) is 1.59. The fourth-order valence-corrected chi connectivity index (χ4v) is 1.16. The molecule has 0 bridgehead atoms. The predicted molar refractivity (Wildman–Crippen MR) is 55.1 cm³/mol. The van der Waals surface area contributed by atoms with Gasteiger partial charge < -0.3 is 14.2 Å². The third-order valence-corrected chi connectivity index (χ3v) is 1.85. The normalized spacial score (nSPS) is 9.40. The molecule has 0 unspecified atom stereocenters.